The van der Waals surface area contributed by atoms with Crippen molar-refractivity contribution in [3.8, 4) is 0 Å². The molecule has 0 spiro atoms. The second-order valence-corrected chi connectivity index (χ2v) is 15.4. The molecule has 44 heavy (non-hydrogen) atoms. The first kappa shape index (κ1) is 41.9. The number of aliphatic hydroxyl groups excluding tert-OH is 2. The van der Waals surface area contributed by atoms with Crippen LogP contribution in [0.4, 0.5) is 0 Å². The van der Waals surface area contributed by atoms with Gasteiger partial charge in [0.25, 0.3) is 0 Å². The monoisotopic (exact) mass is 621 g/mol. The average Bonchev–Trinajstić information content (AvgIpc) is 3.09. The summed E-state index contributed by atoms with van der Waals surface area (Å²) in [7, 11) is 0. The molecule has 0 amide bonds. The van der Waals surface area contributed by atoms with Crippen LogP contribution in [0.1, 0.15) is 250 Å². The molecule has 0 radical (unpaired) electrons. The lowest BCUT2D eigenvalue weighted by Gasteiger charge is -2.30. The number of rotatable bonds is 2. The average molecular weight is 621 g/mol. The SMILES string of the molecule is C1CCCCCCCCC1.C1CCCCCCCCC1.C1CCCCCCCCC1.OCC1(CO)CCCCCCCCC1. The third-order valence-electron chi connectivity index (χ3n) is 11.1. The molecule has 2 N–H and O–H groups in total. The molecule has 2 heteroatoms. The third kappa shape index (κ3) is 28.2. The zero-order valence-corrected chi connectivity index (χ0v) is 30.4. The Hall–Kier alpha value is -0.0800. The molecule has 4 fully saturated rings. The molecule has 0 aliphatic heterocycles. The van der Waals surface area contributed by atoms with Gasteiger partial charge in [-0.1, -0.05) is 238 Å². The second-order valence-electron chi connectivity index (χ2n) is 15.4. The van der Waals surface area contributed by atoms with Crippen LogP contribution in [0.25, 0.3) is 0 Å². The smallest absolute Gasteiger partial charge is 0.0509 e. The van der Waals surface area contributed by atoms with Crippen LogP contribution in [-0.2, 0) is 0 Å². The molecule has 4 aliphatic carbocycles. The Morgan fingerprint density at radius 2 is 0.318 bits per heavy atom. The van der Waals surface area contributed by atoms with Crippen LogP contribution in [0.5, 0.6) is 0 Å². The molecule has 264 valence electrons. The van der Waals surface area contributed by atoms with Crippen LogP contribution in [0.3, 0.4) is 0 Å². The van der Waals surface area contributed by atoms with Gasteiger partial charge in [-0.2, -0.15) is 0 Å². The fraction of sp³-hybridized carbons (Fsp3) is 1.00. The van der Waals surface area contributed by atoms with E-state index in [0.29, 0.717) is 0 Å². The standard InChI is InChI=1S/C12H24O2.3C10H20/c13-10-12(11-14)8-6-4-2-1-3-5-7-9-12;3*1-2-4-6-8-10-9-7-5-3-1/h13-14H,1-11H2;3*1-10H2. The van der Waals surface area contributed by atoms with E-state index in [-0.39, 0.29) is 18.6 Å². The summed E-state index contributed by atoms with van der Waals surface area (Å²) in [4.78, 5) is 0. The van der Waals surface area contributed by atoms with E-state index in [9.17, 15) is 10.2 Å². The zero-order chi connectivity index (χ0) is 31.5. The van der Waals surface area contributed by atoms with Crippen LogP contribution in [0, 0.1) is 5.41 Å². The molecule has 0 saturated heterocycles. The van der Waals surface area contributed by atoms with Crippen molar-refractivity contribution in [1.29, 1.82) is 0 Å². The Morgan fingerprint density at radius 1 is 0.205 bits per heavy atom. The van der Waals surface area contributed by atoms with E-state index in [1.165, 1.54) is 238 Å². The maximum atomic E-state index is 9.36. The molecule has 0 aromatic rings. The predicted octanol–water partition coefficient (Wildman–Crippen LogP) is 14.2. The van der Waals surface area contributed by atoms with Gasteiger partial charge in [0.05, 0.1) is 13.2 Å². The van der Waals surface area contributed by atoms with E-state index < -0.39 is 0 Å². The summed E-state index contributed by atoms with van der Waals surface area (Å²) >= 11 is 0. The summed E-state index contributed by atoms with van der Waals surface area (Å²) in [6.07, 6.45) is 55.9. The first-order valence-corrected chi connectivity index (χ1v) is 21.0. The van der Waals surface area contributed by atoms with Crippen molar-refractivity contribution < 1.29 is 10.2 Å². The molecule has 0 heterocycles. The third-order valence-corrected chi connectivity index (χ3v) is 11.1. The maximum Gasteiger partial charge on any atom is 0.0509 e. The van der Waals surface area contributed by atoms with E-state index in [0.717, 1.165) is 12.8 Å². The number of hydrogen-bond donors (Lipinski definition) is 2. The van der Waals surface area contributed by atoms with E-state index in [1.54, 1.807) is 0 Å². The largest absolute Gasteiger partial charge is 0.396 e. The fourth-order valence-electron chi connectivity index (χ4n) is 7.68. The van der Waals surface area contributed by atoms with Crippen molar-refractivity contribution in [3.63, 3.8) is 0 Å². The summed E-state index contributed by atoms with van der Waals surface area (Å²) < 4.78 is 0. The van der Waals surface area contributed by atoms with Gasteiger partial charge in [-0.05, 0) is 12.8 Å². The molecular weight excluding hydrogens is 536 g/mol. The van der Waals surface area contributed by atoms with Gasteiger partial charge in [0.15, 0.2) is 0 Å². The molecule has 0 bridgehead atoms. The van der Waals surface area contributed by atoms with Crippen molar-refractivity contribution >= 4 is 0 Å². The highest BCUT2D eigenvalue weighted by Crippen LogP contribution is 2.32. The van der Waals surface area contributed by atoms with Gasteiger partial charge in [0.2, 0.25) is 0 Å². The minimum Gasteiger partial charge on any atom is -0.396 e. The summed E-state index contributed by atoms with van der Waals surface area (Å²) in [6.45, 7) is 0.312. The van der Waals surface area contributed by atoms with Crippen molar-refractivity contribution in [2.24, 2.45) is 5.41 Å². The minimum absolute atomic E-state index is 0.156. The van der Waals surface area contributed by atoms with Gasteiger partial charge in [-0.3, -0.25) is 0 Å². The van der Waals surface area contributed by atoms with E-state index >= 15 is 0 Å². The van der Waals surface area contributed by atoms with Crippen molar-refractivity contribution in [3.05, 3.63) is 0 Å². The Labute approximate surface area is 278 Å². The zero-order valence-electron chi connectivity index (χ0n) is 30.4. The summed E-state index contributed by atoms with van der Waals surface area (Å²) in [5.74, 6) is 0. The van der Waals surface area contributed by atoms with Crippen molar-refractivity contribution in [2.45, 2.75) is 250 Å². The van der Waals surface area contributed by atoms with Crippen LogP contribution in [0.2, 0.25) is 0 Å². The van der Waals surface area contributed by atoms with Crippen LogP contribution in [-0.4, -0.2) is 23.4 Å². The summed E-state index contributed by atoms with van der Waals surface area (Å²) in [6, 6.07) is 0. The fourth-order valence-corrected chi connectivity index (χ4v) is 7.68. The molecule has 4 aliphatic rings. The van der Waals surface area contributed by atoms with Crippen LogP contribution in [0.15, 0.2) is 0 Å². The Balaban J connectivity index is 0.000000297. The molecule has 2 nitrogen and oxygen atoms in total. The molecule has 0 atom stereocenters. The molecule has 0 unspecified atom stereocenters. The molecule has 0 aromatic carbocycles. The normalized spacial score (nSPS) is 24.1. The highest BCUT2D eigenvalue weighted by molar-refractivity contribution is 4.78. The highest BCUT2D eigenvalue weighted by atomic mass is 16.3. The van der Waals surface area contributed by atoms with Crippen molar-refractivity contribution in [2.75, 3.05) is 13.2 Å². The quantitative estimate of drug-likeness (QED) is 0.322. The van der Waals surface area contributed by atoms with Gasteiger partial charge in [-0.15, -0.1) is 0 Å². The first-order chi connectivity index (χ1) is 21.8. The number of hydrogen-bond acceptors (Lipinski definition) is 2. The molecule has 0 aromatic heterocycles. The lowest BCUT2D eigenvalue weighted by atomic mass is 9.78. The topological polar surface area (TPSA) is 40.5 Å². The molecule has 4 rings (SSSR count). The maximum absolute atomic E-state index is 9.36. The van der Waals surface area contributed by atoms with E-state index in [2.05, 4.69) is 0 Å². The van der Waals surface area contributed by atoms with Gasteiger partial charge >= 0.3 is 0 Å². The van der Waals surface area contributed by atoms with Gasteiger partial charge in [0.1, 0.15) is 0 Å². The van der Waals surface area contributed by atoms with E-state index in [4.69, 9.17) is 0 Å². The summed E-state index contributed by atoms with van der Waals surface area (Å²) in [5.41, 5.74) is -0.169. The predicted molar refractivity (Wildman–Crippen MR) is 197 cm³/mol. The Bertz CT molecular complexity index is 369. The lowest BCUT2D eigenvalue weighted by molar-refractivity contribution is 0.0345. The van der Waals surface area contributed by atoms with Gasteiger partial charge in [0, 0.05) is 5.41 Å². The number of aliphatic hydroxyl groups is 2. The minimum atomic E-state index is -0.169. The summed E-state index contributed by atoms with van der Waals surface area (Å²) in [5, 5.41) is 18.7. The van der Waals surface area contributed by atoms with Crippen LogP contribution >= 0.6 is 0 Å². The molecule has 4 saturated carbocycles. The van der Waals surface area contributed by atoms with Crippen molar-refractivity contribution in [1.82, 2.24) is 0 Å². The highest BCUT2D eigenvalue weighted by Gasteiger charge is 2.27. The van der Waals surface area contributed by atoms with Crippen LogP contribution < -0.4 is 0 Å². The molecular formula is C42H84O2. The first-order valence-electron chi connectivity index (χ1n) is 21.0. The second kappa shape index (κ2) is 34.3. The van der Waals surface area contributed by atoms with Gasteiger partial charge in [-0.25, -0.2) is 0 Å². The lowest BCUT2D eigenvalue weighted by Crippen LogP contribution is -2.30. The Morgan fingerprint density at radius 3 is 0.432 bits per heavy atom. The van der Waals surface area contributed by atoms with Gasteiger partial charge < -0.3 is 10.2 Å². The van der Waals surface area contributed by atoms with E-state index in [1.807, 2.05) is 0 Å². The Kier molecular flexibility index (Phi) is 32.7.